The first-order valence-corrected chi connectivity index (χ1v) is 7.22. The normalized spacial score (nSPS) is 9.00. The van der Waals surface area contributed by atoms with E-state index >= 15 is 0 Å². The van der Waals surface area contributed by atoms with Crippen LogP contribution in [0.3, 0.4) is 0 Å². The molecule has 0 atom stereocenters. The Morgan fingerprint density at radius 2 is 0.923 bits per heavy atom. The number of carboxylic acid groups (broad SMARTS) is 2. The van der Waals surface area contributed by atoms with Crippen LogP contribution in [0.2, 0.25) is 0 Å². The second kappa shape index (κ2) is 15.4. The summed E-state index contributed by atoms with van der Waals surface area (Å²) in [4.78, 5) is 20.5. The molecule has 0 aliphatic heterocycles. The average Bonchev–Trinajstić information content (AvgIpc) is 2.55. The van der Waals surface area contributed by atoms with Crippen LogP contribution < -0.4 is 69.3 Å². The molecule has 0 aliphatic carbocycles. The van der Waals surface area contributed by atoms with Gasteiger partial charge in [0.1, 0.15) is 0 Å². The van der Waals surface area contributed by atoms with Gasteiger partial charge in [-0.2, -0.15) is 0 Å². The number of hydrogen-bond acceptors (Lipinski definition) is 6. The quantitative estimate of drug-likeness (QED) is 0.484. The molecular weight excluding hydrogens is 358 g/mol. The monoisotopic (exact) mass is 376 g/mol. The van der Waals surface area contributed by atoms with E-state index in [1.54, 1.807) is 48.5 Å². The molecule has 2 N–H and O–H groups in total. The van der Waals surface area contributed by atoms with Crippen molar-refractivity contribution >= 4 is 11.9 Å². The molecule has 0 saturated heterocycles. The Morgan fingerprint density at radius 3 is 1.15 bits per heavy atom. The number of carbonyl (C=O) groups excluding carboxylic acids is 2. The van der Waals surface area contributed by atoms with Crippen molar-refractivity contribution in [2.75, 3.05) is 0 Å². The largest absolute Gasteiger partial charge is 1.00 e. The summed E-state index contributed by atoms with van der Waals surface area (Å²) in [5.41, 5.74) is 2.50. The maximum atomic E-state index is 10.2. The van der Waals surface area contributed by atoms with Crippen molar-refractivity contribution in [3.8, 4) is 0 Å². The SMILES string of the molecule is O=C([O-])Cc1ccccc1CO.O=C([O-])Cc1ccccc1CO.[Na+].[Na+]. The van der Waals surface area contributed by atoms with Crippen LogP contribution in [0.25, 0.3) is 0 Å². The van der Waals surface area contributed by atoms with Gasteiger partial charge in [-0.1, -0.05) is 48.5 Å². The number of rotatable bonds is 6. The van der Waals surface area contributed by atoms with E-state index in [1.807, 2.05) is 0 Å². The fourth-order valence-corrected chi connectivity index (χ4v) is 2.08. The fourth-order valence-electron chi connectivity index (χ4n) is 2.08. The Balaban J connectivity index is 0. The number of benzene rings is 2. The van der Waals surface area contributed by atoms with Gasteiger partial charge >= 0.3 is 59.1 Å². The first-order valence-electron chi connectivity index (χ1n) is 7.22. The predicted octanol–water partition coefficient (Wildman–Crippen LogP) is -7.05. The second-order valence-electron chi connectivity index (χ2n) is 4.95. The molecule has 0 aromatic heterocycles. The van der Waals surface area contributed by atoms with Gasteiger partial charge in [-0.15, -0.1) is 0 Å². The van der Waals surface area contributed by atoms with E-state index in [9.17, 15) is 19.8 Å². The summed E-state index contributed by atoms with van der Waals surface area (Å²) in [6.45, 7) is -0.271. The molecule has 128 valence electrons. The number of carbonyl (C=O) groups is 2. The molecular formula is C18H18Na2O6. The van der Waals surface area contributed by atoms with Crippen molar-refractivity contribution in [1.82, 2.24) is 0 Å². The summed E-state index contributed by atoms with van der Waals surface area (Å²) in [5, 5.41) is 38.1. The van der Waals surface area contributed by atoms with E-state index < -0.39 is 11.9 Å². The third-order valence-electron chi connectivity index (χ3n) is 3.25. The maximum absolute atomic E-state index is 10.2. The summed E-state index contributed by atoms with van der Waals surface area (Å²) < 4.78 is 0. The summed E-state index contributed by atoms with van der Waals surface area (Å²) >= 11 is 0. The van der Waals surface area contributed by atoms with Crippen LogP contribution in [0.4, 0.5) is 0 Å². The maximum Gasteiger partial charge on any atom is 1.00 e. The molecule has 2 rings (SSSR count). The van der Waals surface area contributed by atoms with Crippen molar-refractivity contribution in [3.63, 3.8) is 0 Å². The van der Waals surface area contributed by atoms with Gasteiger partial charge in [-0.05, 0) is 22.3 Å². The molecule has 0 saturated carbocycles. The number of hydrogen-bond donors (Lipinski definition) is 2. The fraction of sp³-hybridized carbons (Fsp3) is 0.222. The van der Waals surface area contributed by atoms with E-state index in [2.05, 4.69) is 0 Å². The number of carboxylic acids is 2. The zero-order chi connectivity index (χ0) is 17.9. The van der Waals surface area contributed by atoms with Gasteiger partial charge in [0.25, 0.3) is 0 Å². The Hall–Kier alpha value is -0.700. The van der Waals surface area contributed by atoms with Crippen molar-refractivity contribution in [2.24, 2.45) is 0 Å². The van der Waals surface area contributed by atoms with Gasteiger partial charge in [0, 0.05) is 24.8 Å². The predicted molar refractivity (Wildman–Crippen MR) is 82.2 cm³/mol. The summed E-state index contributed by atoms with van der Waals surface area (Å²) in [6.07, 6.45) is -0.284. The molecule has 0 amide bonds. The van der Waals surface area contributed by atoms with E-state index in [0.29, 0.717) is 22.3 Å². The van der Waals surface area contributed by atoms with Gasteiger partial charge in [0.2, 0.25) is 0 Å². The number of aliphatic hydroxyl groups excluding tert-OH is 2. The summed E-state index contributed by atoms with van der Waals surface area (Å²) in [5.74, 6) is -2.26. The van der Waals surface area contributed by atoms with Crippen LogP contribution in [-0.2, 0) is 35.6 Å². The van der Waals surface area contributed by atoms with Crippen molar-refractivity contribution < 1.29 is 89.1 Å². The zero-order valence-electron chi connectivity index (χ0n) is 15.0. The molecule has 6 nitrogen and oxygen atoms in total. The number of aliphatic hydroxyl groups is 2. The average molecular weight is 376 g/mol. The molecule has 8 heteroatoms. The molecule has 2 aromatic rings. The third kappa shape index (κ3) is 10.4. The van der Waals surface area contributed by atoms with E-state index in [-0.39, 0.29) is 85.2 Å². The Kier molecular flexibility index (Phi) is 16.3. The molecule has 0 fully saturated rings. The van der Waals surface area contributed by atoms with Crippen LogP contribution in [0.5, 0.6) is 0 Å². The topological polar surface area (TPSA) is 121 Å². The van der Waals surface area contributed by atoms with E-state index in [0.717, 1.165) is 0 Å². The van der Waals surface area contributed by atoms with Crippen LogP contribution in [0.15, 0.2) is 48.5 Å². The van der Waals surface area contributed by atoms with Crippen LogP contribution in [0.1, 0.15) is 22.3 Å². The molecule has 0 heterocycles. The zero-order valence-corrected chi connectivity index (χ0v) is 19.0. The van der Waals surface area contributed by atoms with E-state index in [4.69, 9.17) is 10.2 Å². The minimum Gasteiger partial charge on any atom is -0.550 e. The molecule has 0 bridgehead atoms. The molecule has 0 aliphatic rings. The van der Waals surface area contributed by atoms with Crippen molar-refractivity contribution in [1.29, 1.82) is 0 Å². The van der Waals surface area contributed by atoms with E-state index in [1.165, 1.54) is 0 Å². The molecule has 0 unspecified atom stereocenters. The van der Waals surface area contributed by atoms with Gasteiger partial charge in [-0.25, -0.2) is 0 Å². The molecule has 0 radical (unpaired) electrons. The standard InChI is InChI=1S/2C9H10O3.2Na/c2*10-6-8-4-2-1-3-7(8)5-9(11)12;;/h2*1-4,10H,5-6H2,(H,11,12);;/q;;2*+1/p-2. The summed E-state index contributed by atoms with van der Waals surface area (Å²) in [7, 11) is 0. The Morgan fingerprint density at radius 1 is 0.654 bits per heavy atom. The van der Waals surface area contributed by atoms with Gasteiger partial charge in [0.05, 0.1) is 13.2 Å². The minimum absolute atomic E-state index is 0. The number of aliphatic carboxylic acids is 2. The van der Waals surface area contributed by atoms with Gasteiger partial charge in [-0.3, -0.25) is 0 Å². The van der Waals surface area contributed by atoms with Crippen molar-refractivity contribution in [2.45, 2.75) is 26.1 Å². The van der Waals surface area contributed by atoms with Crippen LogP contribution >= 0.6 is 0 Å². The Labute approximate surface area is 196 Å². The van der Waals surface area contributed by atoms with Gasteiger partial charge in [0.15, 0.2) is 0 Å². The summed E-state index contributed by atoms with van der Waals surface area (Å²) in [6, 6.07) is 13.7. The van der Waals surface area contributed by atoms with Crippen LogP contribution in [0, 0.1) is 0 Å². The Bertz CT molecular complexity index is 631. The first-order chi connectivity index (χ1) is 11.5. The van der Waals surface area contributed by atoms with Gasteiger partial charge < -0.3 is 30.0 Å². The van der Waals surface area contributed by atoms with Crippen molar-refractivity contribution in [3.05, 3.63) is 70.8 Å². The molecule has 2 aromatic carbocycles. The van der Waals surface area contributed by atoms with Crippen LogP contribution in [-0.4, -0.2) is 22.2 Å². The second-order valence-corrected chi connectivity index (χ2v) is 4.95. The molecule has 26 heavy (non-hydrogen) atoms. The smallest absolute Gasteiger partial charge is 0.550 e. The third-order valence-corrected chi connectivity index (χ3v) is 3.25. The first kappa shape index (κ1) is 27.5. The molecule has 0 spiro atoms. The minimum atomic E-state index is -1.13.